The number of rotatable bonds is 2. The number of hydrogen-bond acceptors (Lipinski definition) is 3. The van der Waals surface area contributed by atoms with Crippen LogP contribution in [0.25, 0.3) is 0 Å². The van der Waals surface area contributed by atoms with E-state index in [4.69, 9.17) is 9.73 Å². The number of ether oxygens (including phenoxy) is 1. The maximum absolute atomic E-state index is 5.43. The van der Waals surface area contributed by atoms with Crippen molar-refractivity contribution in [2.24, 2.45) is 10.9 Å². The van der Waals surface area contributed by atoms with Crippen LogP contribution >= 0.6 is 11.8 Å². The number of nitrogens with one attached hydrogen (secondary N) is 1. The first-order valence-electron chi connectivity index (χ1n) is 7.34. The molecule has 0 bridgehead atoms. The number of hydrogen-bond donors (Lipinski definition) is 1. The van der Waals surface area contributed by atoms with Crippen molar-refractivity contribution in [2.45, 2.75) is 57.0 Å². The Morgan fingerprint density at radius 2 is 2.06 bits per heavy atom. The van der Waals surface area contributed by atoms with Gasteiger partial charge in [-0.05, 0) is 38.5 Å². The smallest absolute Gasteiger partial charge is 0.157 e. The molecule has 2 saturated heterocycles. The minimum absolute atomic E-state index is 0.402. The van der Waals surface area contributed by atoms with Crippen LogP contribution in [0, 0.1) is 5.92 Å². The predicted molar refractivity (Wildman–Crippen MR) is 77.2 cm³/mol. The van der Waals surface area contributed by atoms with Crippen LogP contribution in [0.15, 0.2) is 4.99 Å². The highest BCUT2D eigenvalue weighted by atomic mass is 32.2. The van der Waals surface area contributed by atoms with Gasteiger partial charge in [0.15, 0.2) is 5.17 Å². The quantitative estimate of drug-likeness (QED) is 0.836. The largest absolute Gasteiger partial charge is 0.381 e. The van der Waals surface area contributed by atoms with Crippen molar-refractivity contribution in [3.05, 3.63) is 0 Å². The number of aliphatic imine (C=N–C) groups is 1. The minimum atomic E-state index is 0.402. The van der Waals surface area contributed by atoms with Crippen LogP contribution in [-0.2, 0) is 4.74 Å². The van der Waals surface area contributed by atoms with Gasteiger partial charge in [-0.15, -0.1) is 0 Å². The normalized spacial score (nSPS) is 31.9. The zero-order chi connectivity index (χ0) is 12.4. The Hall–Kier alpha value is -0.220. The Balaban J connectivity index is 1.59. The van der Waals surface area contributed by atoms with Gasteiger partial charge in [-0.1, -0.05) is 24.6 Å². The average molecular weight is 268 g/mol. The molecule has 1 aliphatic carbocycles. The van der Waals surface area contributed by atoms with E-state index in [1.165, 1.54) is 49.4 Å². The summed E-state index contributed by atoms with van der Waals surface area (Å²) in [5.74, 6) is 1.94. The van der Waals surface area contributed by atoms with E-state index in [1.54, 1.807) is 0 Å². The number of thioether (sulfide) groups is 1. The molecule has 1 atom stereocenters. The molecule has 3 fully saturated rings. The van der Waals surface area contributed by atoms with Crippen molar-refractivity contribution >= 4 is 16.9 Å². The SMILES string of the molecule is CC(N=C1NC2(CCCC2)CS1)C1CCOCC1. The van der Waals surface area contributed by atoms with Crippen LogP contribution < -0.4 is 5.32 Å². The highest BCUT2D eigenvalue weighted by molar-refractivity contribution is 8.14. The second-order valence-electron chi connectivity index (χ2n) is 6.03. The molecule has 1 N–H and O–H groups in total. The molecule has 3 rings (SSSR count). The Labute approximate surface area is 114 Å². The van der Waals surface area contributed by atoms with Gasteiger partial charge < -0.3 is 10.1 Å². The summed E-state index contributed by atoms with van der Waals surface area (Å²) in [4.78, 5) is 4.93. The van der Waals surface area contributed by atoms with Gasteiger partial charge in [-0.25, -0.2) is 0 Å². The van der Waals surface area contributed by atoms with Gasteiger partial charge in [-0.3, -0.25) is 4.99 Å². The lowest BCUT2D eigenvalue weighted by atomic mass is 9.93. The molecule has 2 heterocycles. The highest BCUT2D eigenvalue weighted by Crippen LogP contribution is 2.37. The summed E-state index contributed by atoms with van der Waals surface area (Å²) in [6, 6.07) is 0.445. The molecule has 1 spiro atoms. The van der Waals surface area contributed by atoms with Gasteiger partial charge in [0.25, 0.3) is 0 Å². The summed E-state index contributed by atoms with van der Waals surface area (Å²) >= 11 is 1.94. The molecule has 0 aromatic heterocycles. The third-order valence-electron chi connectivity index (χ3n) is 4.69. The van der Waals surface area contributed by atoms with Crippen LogP contribution in [0.4, 0.5) is 0 Å². The fourth-order valence-corrected chi connectivity index (χ4v) is 4.69. The lowest BCUT2D eigenvalue weighted by Gasteiger charge is -2.26. The van der Waals surface area contributed by atoms with E-state index in [9.17, 15) is 0 Å². The van der Waals surface area contributed by atoms with Gasteiger partial charge in [0.2, 0.25) is 0 Å². The monoisotopic (exact) mass is 268 g/mol. The Bertz CT molecular complexity index is 320. The second-order valence-corrected chi connectivity index (χ2v) is 6.99. The molecule has 3 aliphatic rings. The molecule has 0 aromatic rings. The molecular weight excluding hydrogens is 244 g/mol. The molecule has 2 aliphatic heterocycles. The summed E-state index contributed by atoms with van der Waals surface area (Å²) in [6.45, 7) is 4.11. The van der Waals surface area contributed by atoms with Gasteiger partial charge in [-0.2, -0.15) is 0 Å². The lowest BCUT2D eigenvalue weighted by molar-refractivity contribution is 0.0605. The summed E-state index contributed by atoms with van der Waals surface area (Å²) in [6.07, 6.45) is 7.80. The molecule has 3 nitrogen and oxygen atoms in total. The molecule has 1 saturated carbocycles. The van der Waals surface area contributed by atoms with Crippen LogP contribution in [0.2, 0.25) is 0 Å². The maximum Gasteiger partial charge on any atom is 0.157 e. The first-order chi connectivity index (χ1) is 8.77. The fourth-order valence-electron chi connectivity index (χ4n) is 3.38. The van der Waals surface area contributed by atoms with E-state index in [0.717, 1.165) is 13.2 Å². The molecule has 18 heavy (non-hydrogen) atoms. The van der Waals surface area contributed by atoms with Gasteiger partial charge in [0.1, 0.15) is 0 Å². The summed E-state index contributed by atoms with van der Waals surface area (Å²) in [5.41, 5.74) is 0.402. The van der Waals surface area contributed by atoms with Crippen molar-refractivity contribution in [1.82, 2.24) is 5.32 Å². The summed E-state index contributed by atoms with van der Waals surface area (Å²) in [7, 11) is 0. The van der Waals surface area contributed by atoms with E-state index in [2.05, 4.69) is 12.2 Å². The van der Waals surface area contributed by atoms with Crippen LogP contribution in [0.3, 0.4) is 0 Å². The number of nitrogens with zero attached hydrogens (tertiary/aromatic N) is 1. The predicted octanol–water partition coefficient (Wildman–Crippen LogP) is 2.81. The number of amidine groups is 1. The third kappa shape index (κ3) is 2.69. The molecule has 0 amide bonds. The third-order valence-corrected chi connectivity index (χ3v) is 5.86. The summed E-state index contributed by atoms with van der Waals surface area (Å²) < 4.78 is 5.43. The van der Waals surface area contributed by atoms with Crippen molar-refractivity contribution in [1.29, 1.82) is 0 Å². The van der Waals surface area contributed by atoms with Gasteiger partial charge in [0, 0.05) is 24.5 Å². The van der Waals surface area contributed by atoms with E-state index in [1.807, 2.05) is 11.8 Å². The summed E-state index contributed by atoms with van der Waals surface area (Å²) in [5, 5.41) is 4.92. The van der Waals surface area contributed by atoms with Crippen molar-refractivity contribution in [3.63, 3.8) is 0 Å². The van der Waals surface area contributed by atoms with Crippen LogP contribution in [-0.4, -0.2) is 35.7 Å². The molecular formula is C14H24N2OS. The van der Waals surface area contributed by atoms with Crippen LogP contribution in [0.1, 0.15) is 45.4 Å². The highest BCUT2D eigenvalue weighted by Gasteiger charge is 2.39. The Morgan fingerprint density at radius 1 is 1.33 bits per heavy atom. The molecule has 1 unspecified atom stereocenters. The molecule has 4 heteroatoms. The van der Waals surface area contributed by atoms with E-state index in [0.29, 0.717) is 17.5 Å². The zero-order valence-electron chi connectivity index (χ0n) is 11.3. The van der Waals surface area contributed by atoms with Crippen molar-refractivity contribution in [3.8, 4) is 0 Å². The molecule has 0 aromatic carbocycles. The Morgan fingerprint density at radius 3 is 2.78 bits per heavy atom. The standard InChI is InChI=1S/C14H24N2OS/c1-11(12-4-8-17-9-5-12)15-13-16-14(10-18-13)6-2-3-7-14/h11-12H,2-10H2,1H3,(H,15,16). The topological polar surface area (TPSA) is 33.6 Å². The Kier molecular flexibility index (Phi) is 3.85. The zero-order valence-corrected chi connectivity index (χ0v) is 12.1. The average Bonchev–Trinajstić information content (AvgIpc) is 3.02. The fraction of sp³-hybridized carbons (Fsp3) is 0.929. The van der Waals surface area contributed by atoms with E-state index in [-0.39, 0.29) is 0 Å². The van der Waals surface area contributed by atoms with Gasteiger partial charge >= 0.3 is 0 Å². The maximum atomic E-state index is 5.43. The lowest BCUT2D eigenvalue weighted by Crippen LogP contribution is -2.41. The molecule has 0 radical (unpaired) electrons. The van der Waals surface area contributed by atoms with E-state index < -0.39 is 0 Å². The van der Waals surface area contributed by atoms with E-state index >= 15 is 0 Å². The van der Waals surface area contributed by atoms with Crippen molar-refractivity contribution < 1.29 is 4.74 Å². The first kappa shape index (κ1) is 12.8. The second kappa shape index (κ2) is 5.41. The first-order valence-corrected chi connectivity index (χ1v) is 8.33. The van der Waals surface area contributed by atoms with Gasteiger partial charge in [0.05, 0.1) is 6.04 Å². The minimum Gasteiger partial charge on any atom is -0.381 e. The van der Waals surface area contributed by atoms with Crippen molar-refractivity contribution in [2.75, 3.05) is 19.0 Å². The van der Waals surface area contributed by atoms with Crippen LogP contribution in [0.5, 0.6) is 0 Å². The molecule has 102 valence electrons.